The van der Waals surface area contributed by atoms with Crippen molar-refractivity contribution in [2.24, 2.45) is 0 Å². The highest BCUT2D eigenvalue weighted by atomic mass is 35.5. The van der Waals surface area contributed by atoms with Crippen LogP contribution in [0.5, 0.6) is 5.75 Å². The lowest BCUT2D eigenvalue weighted by atomic mass is 9.95. The van der Waals surface area contributed by atoms with Crippen LogP contribution in [0.25, 0.3) is 5.76 Å². The molecule has 0 spiro atoms. The fourth-order valence-corrected chi connectivity index (χ4v) is 6.03. The van der Waals surface area contributed by atoms with Crippen molar-refractivity contribution < 1.29 is 19.4 Å². The molecule has 1 saturated heterocycles. The van der Waals surface area contributed by atoms with Gasteiger partial charge in [0.05, 0.1) is 18.7 Å². The summed E-state index contributed by atoms with van der Waals surface area (Å²) in [6, 6.07) is 20.8. The van der Waals surface area contributed by atoms with Crippen molar-refractivity contribution in [1.29, 1.82) is 0 Å². The van der Waals surface area contributed by atoms with E-state index in [1.54, 1.807) is 31.4 Å². The van der Waals surface area contributed by atoms with E-state index in [1.807, 2.05) is 55.5 Å². The first-order valence-electron chi connectivity index (χ1n) is 11.6. The van der Waals surface area contributed by atoms with Crippen molar-refractivity contribution in [3.63, 3.8) is 0 Å². The van der Waals surface area contributed by atoms with E-state index in [4.69, 9.17) is 16.3 Å². The third kappa shape index (κ3) is 5.18. The number of aliphatic hydroxyl groups is 1. The van der Waals surface area contributed by atoms with E-state index >= 15 is 0 Å². The van der Waals surface area contributed by atoms with E-state index in [-0.39, 0.29) is 16.5 Å². The smallest absolute Gasteiger partial charge is 0.301 e. The highest BCUT2D eigenvalue weighted by molar-refractivity contribution is 8.00. The van der Waals surface area contributed by atoms with Gasteiger partial charge in [0.1, 0.15) is 11.5 Å². The lowest BCUT2D eigenvalue weighted by Crippen LogP contribution is -2.29. The Morgan fingerprint density at radius 1 is 1.03 bits per heavy atom. The fraction of sp³-hybridized carbons (Fsp3) is 0.143. The maximum Gasteiger partial charge on any atom is 0.301 e. The predicted molar refractivity (Wildman–Crippen MR) is 150 cm³/mol. The Labute approximate surface area is 232 Å². The number of benzene rings is 3. The molecule has 1 atom stereocenters. The predicted octanol–water partition coefficient (Wildman–Crippen LogP) is 6.43. The van der Waals surface area contributed by atoms with Gasteiger partial charge in [0.15, 0.2) is 4.34 Å². The summed E-state index contributed by atoms with van der Waals surface area (Å²) in [5.41, 5.74) is 3.16. The maximum absolute atomic E-state index is 13.4. The summed E-state index contributed by atoms with van der Waals surface area (Å²) in [5, 5.41) is 20.7. The summed E-state index contributed by atoms with van der Waals surface area (Å²) in [5.74, 6) is -0.565. The molecule has 1 aliphatic rings. The summed E-state index contributed by atoms with van der Waals surface area (Å²) in [4.78, 5) is 28.0. The molecule has 192 valence electrons. The van der Waals surface area contributed by atoms with Crippen LogP contribution in [0, 0.1) is 6.92 Å². The van der Waals surface area contributed by atoms with Crippen molar-refractivity contribution in [2.45, 2.75) is 23.1 Å². The second-order valence-corrected chi connectivity index (χ2v) is 11.2. The zero-order valence-electron chi connectivity index (χ0n) is 20.4. The van der Waals surface area contributed by atoms with E-state index < -0.39 is 17.7 Å². The number of aromatic nitrogens is 2. The molecule has 10 heteroatoms. The number of methoxy groups -OCH3 is 1. The number of rotatable bonds is 7. The van der Waals surface area contributed by atoms with Crippen LogP contribution in [-0.4, -0.2) is 34.1 Å². The van der Waals surface area contributed by atoms with Crippen LogP contribution < -0.4 is 9.64 Å². The molecule has 0 radical (unpaired) electrons. The number of nitrogens with zero attached hydrogens (tertiary/aromatic N) is 3. The Bertz CT molecular complexity index is 1520. The van der Waals surface area contributed by atoms with Crippen LogP contribution >= 0.6 is 34.7 Å². The third-order valence-corrected chi connectivity index (χ3v) is 8.46. The van der Waals surface area contributed by atoms with Crippen LogP contribution in [0.4, 0.5) is 5.13 Å². The van der Waals surface area contributed by atoms with Crippen molar-refractivity contribution in [3.8, 4) is 5.75 Å². The number of carbonyl (C=O) groups is 2. The number of halogens is 1. The molecule has 0 saturated carbocycles. The van der Waals surface area contributed by atoms with Gasteiger partial charge < -0.3 is 9.84 Å². The summed E-state index contributed by atoms with van der Waals surface area (Å²) in [6.07, 6.45) is 0. The second kappa shape index (κ2) is 11.0. The van der Waals surface area contributed by atoms with Gasteiger partial charge in [-0.25, -0.2) is 0 Å². The molecule has 0 aliphatic carbocycles. The zero-order chi connectivity index (χ0) is 26.8. The number of ketones is 1. The number of aryl methyl sites for hydroxylation is 1. The number of anilines is 1. The van der Waals surface area contributed by atoms with Crippen molar-refractivity contribution in [3.05, 3.63) is 106 Å². The standard InChI is InChI=1S/C28H22ClN3O4S2/c1-16-3-7-18(8-4-16)23-22(24(33)19-9-13-21(36-2)14-10-19)25(34)26(35)32(23)27-30-31-28(38-27)37-15-17-5-11-20(29)12-6-17/h3-14,23,33H,15H2,1-2H3/b24-22-. The SMILES string of the molecule is COc1ccc(/C(O)=C2/C(=O)C(=O)N(c3nnc(SCc4ccc(Cl)cc4)s3)C2c2ccc(C)cc2)cc1. The minimum atomic E-state index is -0.861. The van der Waals surface area contributed by atoms with Crippen LogP contribution in [0.15, 0.2) is 82.7 Å². The minimum Gasteiger partial charge on any atom is -0.507 e. The van der Waals surface area contributed by atoms with E-state index in [2.05, 4.69) is 10.2 Å². The lowest BCUT2D eigenvalue weighted by Gasteiger charge is -2.22. The van der Waals surface area contributed by atoms with Gasteiger partial charge in [-0.05, 0) is 54.4 Å². The summed E-state index contributed by atoms with van der Waals surface area (Å²) in [6.45, 7) is 1.95. The molecule has 2 heterocycles. The van der Waals surface area contributed by atoms with Crippen LogP contribution in [-0.2, 0) is 15.3 Å². The van der Waals surface area contributed by atoms with E-state index in [0.717, 1.165) is 11.1 Å². The van der Waals surface area contributed by atoms with Gasteiger partial charge in [0, 0.05) is 16.3 Å². The van der Waals surface area contributed by atoms with Crippen LogP contribution in [0.3, 0.4) is 0 Å². The minimum absolute atomic E-state index is 0.00501. The van der Waals surface area contributed by atoms with Crippen LogP contribution in [0.2, 0.25) is 5.02 Å². The number of amides is 1. The number of carbonyl (C=O) groups excluding carboxylic acids is 2. The van der Waals surface area contributed by atoms with Gasteiger partial charge in [-0.2, -0.15) is 0 Å². The number of hydrogen-bond acceptors (Lipinski definition) is 8. The fourth-order valence-electron chi connectivity index (χ4n) is 4.08. The van der Waals surface area contributed by atoms with Gasteiger partial charge >= 0.3 is 5.91 Å². The molecule has 1 unspecified atom stereocenters. The quantitative estimate of drug-likeness (QED) is 0.0910. The number of Topliss-reactive ketones (excluding diaryl/α,β-unsaturated/α-hetero) is 1. The molecule has 7 nitrogen and oxygen atoms in total. The van der Waals surface area contributed by atoms with Crippen molar-refractivity contribution in [2.75, 3.05) is 12.0 Å². The Balaban J connectivity index is 1.52. The molecule has 1 N–H and O–H groups in total. The molecule has 1 aromatic heterocycles. The summed E-state index contributed by atoms with van der Waals surface area (Å²) < 4.78 is 5.84. The molecule has 3 aromatic carbocycles. The van der Waals surface area contributed by atoms with Gasteiger partial charge in [-0.15, -0.1) is 10.2 Å². The Hall–Kier alpha value is -3.66. The van der Waals surface area contributed by atoms with E-state index in [0.29, 0.717) is 32.0 Å². The number of hydrogen-bond donors (Lipinski definition) is 1. The van der Waals surface area contributed by atoms with Gasteiger partial charge in [0.2, 0.25) is 5.13 Å². The molecule has 1 fully saturated rings. The Morgan fingerprint density at radius 3 is 2.37 bits per heavy atom. The monoisotopic (exact) mass is 563 g/mol. The molecule has 5 rings (SSSR count). The van der Waals surface area contributed by atoms with Crippen LogP contribution in [0.1, 0.15) is 28.3 Å². The normalized spacial score (nSPS) is 16.7. The molecule has 1 amide bonds. The maximum atomic E-state index is 13.4. The molecule has 38 heavy (non-hydrogen) atoms. The molecular weight excluding hydrogens is 542 g/mol. The average molecular weight is 564 g/mol. The van der Waals surface area contributed by atoms with Gasteiger partial charge in [-0.3, -0.25) is 14.5 Å². The first kappa shape index (κ1) is 26.0. The molecule has 4 aromatic rings. The first-order valence-corrected chi connectivity index (χ1v) is 13.8. The zero-order valence-corrected chi connectivity index (χ0v) is 22.8. The van der Waals surface area contributed by atoms with Crippen molar-refractivity contribution in [1.82, 2.24) is 10.2 Å². The van der Waals surface area contributed by atoms with Gasteiger partial charge in [-0.1, -0.05) is 76.7 Å². The molecule has 1 aliphatic heterocycles. The van der Waals surface area contributed by atoms with E-state index in [9.17, 15) is 14.7 Å². The molecule has 0 bridgehead atoms. The first-order chi connectivity index (χ1) is 18.4. The number of aliphatic hydroxyl groups excluding tert-OH is 1. The second-order valence-electron chi connectivity index (χ2n) is 8.57. The highest BCUT2D eigenvalue weighted by Gasteiger charge is 2.48. The third-order valence-electron chi connectivity index (χ3n) is 6.08. The average Bonchev–Trinajstić information content (AvgIpc) is 3.50. The topological polar surface area (TPSA) is 92.6 Å². The molecular formula is C28H22ClN3O4S2. The Kier molecular flexibility index (Phi) is 7.51. The number of thioether (sulfide) groups is 1. The van der Waals surface area contributed by atoms with E-state index in [1.165, 1.54) is 28.0 Å². The Morgan fingerprint density at radius 2 is 1.71 bits per heavy atom. The number of ether oxygens (including phenoxy) is 1. The largest absolute Gasteiger partial charge is 0.507 e. The van der Waals surface area contributed by atoms with Crippen molar-refractivity contribution >= 4 is 57.3 Å². The highest BCUT2D eigenvalue weighted by Crippen LogP contribution is 2.44. The van der Waals surface area contributed by atoms with Gasteiger partial charge in [0.25, 0.3) is 5.78 Å². The lowest BCUT2D eigenvalue weighted by molar-refractivity contribution is -0.132. The summed E-state index contributed by atoms with van der Waals surface area (Å²) >= 11 is 8.66. The summed E-state index contributed by atoms with van der Waals surface area (Å²) in [7, 11) is 1.54.